The van der Waals surface area contributed by atoms with Gasteiger partial charge in [0.15, 0.2) is 0 Å². The van der Waals surface area contributed by atoms with Gasteiger partial charge in [-0.1, -0.05) is 54.3 Å². The zero-order valence-corrected chi connectivity index (χ0v) is 22.7. The van der Waals surface area contributed by atoms with Crippen molar-refractivity contribution in [3.8, 4) is 0 Å². The summed E-state index contributed by atoms with van der Waals surface area (Å²) in [6.45, 7) is 5.40. The number of amides is 1. The van der Waals surface area contributed by atoms with Crippen LogP contribution in [-0.2, 0) is 17.8 Å². The number of thiophene rings is 1. The van der Waals surface area contributed by atoms with Crippen molar-refractivity contribution in [1.82, 2.24) is 9.80 Å². The molecule has 1 aromatic heterocycles. The van der Waals surface area contributed by atoms with E-state index in [0.29, 0.717) is 25.0 Å². The van der Waals surface area contributed by atoms with Crippen LogP contribution in [0.3, 0.4) is 0 Å². The first-order chi connectivity index (χ1) is 17.1. The number of fused-ring (bicyclic) bond motifs is 1. The van der Waals surface area contributed by atoms with Crippen molar-refractivity contribution in [2.24, 2.45) is 4.99 Å². The average molecular weight is 557 g/mol. The molecule has 1 aliphatic heterocycles. The second kappa shape index (κ2) is 12.6. The third kappa shape index (κ3) is 6.68. The van der Waals surface area contributed by atoms with Gasteiger partial charge in [0.1, 0.15) is 12.2 Å². The maximum Gasteiger partial charge on any atom is 0.246 e. The second-order valence-corrected chi connectivity index (χ2v) is 11.0. The van der Waals surface area contributed by atoms with Gasteiger partial charge >= 0.3 is 0 Å². The third-order valence-corrected chi connectivity index (χ3v) is 8.40. The van der Waals surface area contributed by atoms with Crippen molar-refractivity contribution < 1.29 is 4.79 Å². The van der Waals surface area contributed by atoms with Crippen LogP contribution in [0.2, 0.25) is 0 Å². The van der Waals surface area contributed by atoms with Crippen molar-refractivity contribution in [3.05, 3.63) is 62.3 Å². The SMILES string of the molecule is CCN(C/C=C/C(=O)N1CCc2c(/C(=N\C=N)Nc3cccc(Br)c3)csc2C1)C1CCCCC1. The lowest BCUT2D eigenvalue weighted by atomic mass is 9.94. The highest BCUT2D eigenvalue weighted by atomic mass is 79.9. The molecule has 0 bridgehead atoms. The molecule has 0 unspecified atom stereocenters. The molecule has 2 heterocycles. The van der Waals surface area contributed by atoms with Gasteiger partial charge in [-0.3, -0.25) is 15.1 Å². The second-order valence-electron chi connectivity index (χ2n) is 9.08. The topological polar surface area (TPSA) is 71.8 Å². The maximum absolute atomic E-state index is 12.9. The Morgan fingerprint density at radius 2 is 2.17 bits per heavy atom. The normalized spacial score (nSPS) is 17.1. The fourth-order valence-electron chi connectivity index (χ4n) is 5.03. The van der Waals surface area contributed by atoms with Gasteiger partial charge in [-0.25, -0.2) is 4.99 Å². The van der Waals surface area contributed by atoms with E-state index in [1.807, 2.05) is 35.2 Å². The molecular formula is C27H34BrN5OS. The maximum atomic E-state index is 12.9. The van der Waals surface area contributed by atoms with E-state index in [9.17, 15) is 4.79 Å². The molecule has 0 saturated heterocycles. The van der Waals surface area contributed by atoms with Crippen LogP contribution in [0, 0.1) is 5.41 Å². The minimum Gasteiger partial charge on any atom is -0.340 e. The predicted molar refractivity (Wildman–Crippen MR) is 150 cm³/mol. The largest absolute Gasteiger partial charge is 0.340 e. The lowest BCUT2D eigenvalue weighted by Crippen LogP contribution is -2.37. The highest BCUT2D eigenvalue weighted by molar-refractivity contribution is 9.10. The minimum absolute atomic E-state index is 0.0888. The van der Waals surface area contributed by atoms with Crippen LogP contribution in [-0.4, -0.2) is 53.6 Å². The number of rotatable bonds is 8. The summed E-state index contributed by atoms with van der Waals surface area (Å²) in [7, 11) is 0. The Kier molecular flexibility index (Phi) is 9.29. The van der Waals surface area contributed by atoms with Gasteiger partial charge in [-0.05, 0) is 49.6 Å². The standard InChI is InChI=1S/C27H34BrN5OS/c1-2-32(22-10-4-3-5-11-22)14-7-12-26(34)33-15-13-23-24(18-35-25(23)17-33)27(30-19-29)31-21-9-6-8-20(28)16-21/h6-9,12,16,18-19,22H,2-5,10-11,13-15,17H2,1H3,(H2,29,30,31)/b12-7+. The smallest absolute Gasteiger partial charge is 0.246 e. The van der Waals surface area contributed by atoms with E-state index in [2.05, 4.69) is 43.4 Å². The Hall–Kier alpha value is -2.29. The van der Waals surface area contributed by atoms with E-state index < -0.39 is 0 Å². The van der Waals surface area contributed by atoms with Gasteiger partial charge in [-0.2, -0.15) is 0 Å². The Bertz CT molecular complexity index is 1090. The first-order valence-corrected chi connectivity index (χ1v) is 14.1. The molecule has 0 atom stereocenters. The van der Waals surface area contributed by atoms with Gasteiger partial charge in [0.05, 0.1) is 6.54 Å². The lowest BCUT2D eigenvalue weighted by molar-refractivity contribution is -0.126. The molecule has 1 aromatic carbocycles. The summed E-state index contributed by atoms with van der Waals surface area (Å²) in [6, 6.07) is 8.56. The first-order valence-electron chi connectivity index (χ1n) is 12.5. The molecule has 4 rings (SSSR count). The number of benzene rings is 1. The van der Waals surface area contributed by atoms with Crippen molar-refractivity contribution in [3.63, 3.8) is 0 Å². The molecule has 35 heavy (non-hydrogen) atoms. The van der Waals surface area contributed by atoms with Crippen LogP contribution in [0.25, 0.3) is 0 Å². The average Bonchev–Trinajstić information content (AvgIpc) is 3.30. The van der Waals surface area contributed by atoms with E-state index in [1.54, 1.807) is 17.4 Å². The number of aliphatic imine (C=N–C) groups is 1. The predicted octanol–water partition coefficient (Wildman–Crippen LogP) is 6.07. The number of hydrogen-bond acceptors (Lipinski definition) is 4. The molecule has 0 spiro atoms. The van der Waals surface area contributed by atoms with Crippen LogP contribution in [0.1, 0.15) is 55.0 Å². The zero-order valence-electron chi connectivity index (χ0n) is 20.3. The van der Waals surface area contributed by atoms with E-state index in [0.717, 1.165) is 41.6 Å². The lowest BCUT2D eigenvalue weighted by Gasteiger charge is -2.32. The van der Waals surface area contributed by atoms with E-state index >= 15 is 0 Å². The van der Waals surface area contributed by atoms with E-state index in [-0.39, 0.29) is 5.91 Å². The third-order valence-electron chi connectivity index (χ3n) is 6.89. The molecule has 2 aliphatic rings. The van der Waals surface area contributed by atoms with Crippen LogP contribution in [0.5, 0.6) is 0 Å². The molecule has 1 saturated carbocycles. The summed E-state index contributed by atoms with van der Waals surface area (Å²) in [5.41, 5.74) is 3.15. The van der Waals surface area contributed by atoms with Crippen molar-refractivity contribution in [2.75, 3.05) is 25.0 Å². The number of carbonyl (C=O) groups is 1. The number of hydrogen-bond donors (Lipinski definition) is 2. The molecule has 1 amide bonds. The number of carbonyl (C=O) groups excluding carboxylic acids is 1. The summed E-state index contributed by atoms with van der Waals surface area (Å²) in [5, 5.41) is 13.0. The van der Waals surface area contributed by atoms with Gasteiger partial charge < -0.3 is 10.2 Å². The Balaban J connectivity index is 1.39. The molecule has 1 aliphatic carbocycles. The fraction of sp³-hybridized carbons (Fsp3) is 0.444. The molecule has 2 N–H and O–H groups in total. The quantitative estimate of drug-likeness (QED) is 0.236. The molecule has 1 fully saturated rings. The monoisotopic (exact) mass is 555 g/mol. The number of amidine groups is 1. The first kappa shape index (κ1) is 25.8. The Labute approximate surface area is 220 Å². The summed E-state index contributed by atoms with van der Waals surface area (Å²) in [6.07, 6.45) is 12.2. The van der Waals surface area contributed by atoms with Crippen LogP contribution >= 0.6 is 27.3 Å². The molecular weight excluding hydrogens is 522 g/mol. The van der Waals surface area contributed by atoms with Gasteiger partial charge in [0.2, 0.25) is 5.91 Å². The van der Waals surface area contributed by atoms with Crippen molar-refractivity contribution in [2.45, 2.75) is 58.0 Å². The molecule has 2 aromatic rings. The molecule has 0 radical (unpaired) electrons. The van der Waals surface area contributed by atoms with Crippen molar-refractivity contribution >= 4 is 51.0 Å². The Morgan fingerprint density at radius 3 is 2.91 bits per heavy atom. The van der Waals surface area contributed by atoms with E-state index in [1.165, 1.54) is 42.5 Å². The number of nitrogens with one attached hydrogen (secondary N) is 2. The summed E-state index contributed by atoms with van der Waals surface area (Å²) in [5.74, 6) is 0.753. The number of likely N-dealkylation sites (N-methyl/N-ethyl adjacent to an activating group) is 1. The number of nitrogens with zero attached hydrogens (tertiary/aromatic N) is 3. The van der Waals surface area contributed by atoms with Crippen molar-refractivity contribution in [1.29, 1.82) is 5.41 Å². The molecule has 186 valence electrons. The number of halogens is 1. The van der Waals surface area contributed by atoms with Crippen LogP contribution in [0.15, 0.2) is 51.3 Å². The molecule has 8 heteroatoms. The van der Waals surface area contributed by atoms with Crippen LogP contribution < -0.4 is 5.32 Å². The highest BCUT2D eigenvalue weighted by Gasteiger charge is 2.25. The Morgan fingerprint density at radius 1 is 1.34 bits per heavy atom. The van der Waals surface area contributed by atoms with Gasteiger partial charge in [0, 0.05) is 51.2 Å². The molecule has 6 nitrogen and oxygen atoms in total. The van der Waals surface area contributed by atoms with Gasteiger partial charge in [0.25, 0.3) is 0 Å². The van der Waals surface area contributed by atoms with Gasteiger partial charge in [-0.15, -0.1) is 11.3 Å². The van der Waals surface area contributed by atoms with E-state index in [4.69, 9.17) is 5.41 Å². The number of anilines is 1. The summed E-state index contributed by atoms with van der Waals surface area (Å²) >= 11 is 5.16. The minimum atomic E-state index is 0.0888. The summed E-state index contributed by atoms with van der Waals surface area (Å²) < 4.78 is 0.979. The summed E-state index contributed by atoms with van der Waals surface area (Å²) in [4.78, 5) is 22.9. The zero-order chi connectivity index (χ0) is 24.6. The fourth-order valence-corrected chi connectivity index (χ4v) is 6.53. The van der Waals surface area contributed by atoms with Crippen LogP contribution in [0.4, 0.5) is 5.69 Å². The highest BCUT2D eigenvalue weighted by Crippen LogP contribution is 2.30.